The van der Waals surface area contributed by atoms with E-state index in [0.29, 0.717) is 39.1 Å². The van der Waals surface area contributed by atoms with Crippen LogP contribution in [0.3, 0.4) is 0 Å². The van der Waals surface area contributed by atoms with E-state index in [1.165, 1.54) is 4.31 Å². The Morgan fingerprint density at radius 2 is 2.10 bits per heavy atom. The Labute approximate surface area is 125 Å². The molecule has 2 heterocycles. The van der Waals surface area contributed by atoms with Gasteiger partial charge in [0, 0.05) is 32.8 Å². The van der Waals surface area contributed by atoms with E-state index in [1.807, 2.05) is 6.92 Å². The number of hydrogen-bond donors (Lipinski definition) is 2. The van der Waals surface area contributed by atoms with Gasteiger partial charge in [-0.3, -0.25) is 4.79 Å². The smallest absolute Gasteiger partial charge is 0.307 e. The standard InChI is InChI=1S/C13H24N2O5S/c1-13(4-7-20-8-5-13)10-14-21(18,19)15-6-2-3-11(9-15)12(16)17/h11,14H,2-10H2,1H3,(H,16,17). The van der Waals surface area contributed by atoms with Gasteiger partial charge in [0.1, 0.15) is 0 Å². The molecular weight excluding hydrogens is 296 g/mol. The van der Waals surface area contributed by atoms with E-state index in [4.69, 9.17) is 9.84 Å². The van der Waals surface area contributed by atoms with Crippen LogP contribution in [-0.4, -0.2) is 56.6 Å². The van der Waals surface area contributed by atoms with Crippen molar-refractivity contribution in [3.05, 3.63) is 0 Å². The molecule has 2 rings (SSSR count). The summed E-state index contributed by atoms with van der Waals surface area (Å²) in [6, 6.07) is 0. The first kappa shape index (κ1) is 16.7. The van der Waals surface area contributed by atoms with Crippen LogP contribution >= 0.6 is 0 Å². The summed E-state index contributed by atoms with van der Waals surface area (Å²) in [4.78, 5) is 11.0. The molecule has 8 heteroatoms. The molecule has 122 valence electrons. The zero-order valence-electron chi connectivity index (χ0n) is 12.4. The quantitative estimate of drug-likeness (QED) is 0.766. The highest BCUT2D eigenvalue weighted by Crippen LogP contribution is 2.29. The lowest BCUT2D eigenvalue weighted by Gasteiger charge is -2.35. The summed E-state index contributed by atoms with van der Waals surface area (Å²) < 4.78 is 33.9. The lowest BCUT2D eigenvalue weighted by Crippen LogP contribution is -2.50. The maximum Gasteiger partial charge on any atom is 0.307 e. The van der Waals surface area contributed by atoms with Gasteiger partial charge in [-0.2, -0.15) is 12.7 Å². The van der Waals surface area contributed by atoms with Crippen molar-refractivity contribution in [2.75, 3.05) is 32.8 Å². The number of carboxylic acids is 1. The summed E-state index contributed by atoms with van der Waals surface area (Å²) in [5.74, 6) is -1.53. The fourth-order valence-corrected chi connectivity index (χ4v) is 4.22. The molecule has 2 aliphatic rings. The zero-order chi connectivity index (χ0) is 15.5. The summed E-state index contributed by atoms with van der Waals surface area (Å²) in [5, 5.41) is 9.04. The molecule has 1 unspecified atom stereocenters. The van der Waals surface area contributed by atoms with Crippen molar-refractivity contribution in [3.8, 4) is 0 Å². The van der Waals surface area contributed by atoms with Gasteiger partial charge in [-0.15, -0.1) is 0 Å². The molecule has 0 radical (unpaired) electrons. The second-order valence-corrected chi connectivity index (χ2v) is 8.04. The molecule has 1 atom stereocenters. The van der Waals surface area contributed by atoms with Gasteiger partial charge in [0.25, 0.3) is 10.2 Å². The van der Waals surface area contributed by atoms with E-state index in [9.17, 15) is 13.2 Å². The predicted molar refractivity (Wildman–Crippen MR) is 77.0 cm³/mol. The number of carbonyl (C=O) groups is 1. The largest absolute Gasteiger partial charge is 0.481 e. The first-order valence-electron chi connectivity index (χ1n) is 7.38. The van der Waals surface area contributed by atoms with Crippen LogP contribution in [0.4, 0.5) is 0 Å². The van der Waals surface area contributed by atoms with E-state index in [2.05, 4.69) is 4.72 Å². The third-order valence-corrected chi connectivity index (χ3v) is 5.98. The minimum absolute atomic E-state index is 0.0600. The Kier molecular flexibility index (Phi) is 5.24. The highest BCUT2D eigenvalue weighted by Gasteiger charge is 2.34. The lowest BCUT2D eigenvalue weighted by molar-refractivity contribution is -0.142. The summed E-state index contributed by atoms with van der Waals surface area (Å²) in [6.45, 7) is 4.18. The Hall–Kier alpha value is -0.700. The second kappa shape index (κ2) is 6.60. The van der Waals surface area contributed by atoms with Crippen LogP contribution < -0.4 is 4.72 Å². The summed E-state index contributed by atoms with van der Waals surface area (Å²) >= 11 is 0. The van der Waals surface area contributed by atoms with Gasteiger partial charge in [-0.1, -0.05) is 6.92 Å². The number of hydrogen-bond acceptors (Lipinski definition) is 4. The van der Waals surface area contributed by atoms with Crippen molar-refractivity contribution in [3.63, 3.8) is 0 Å². The van der Waals surface area contributed by atoms with Gasteiger partial charge in [0.2, 0.25) is 0 Å². The topological polar surface area (TPSA) is 95.9 Å². The van der Waals surface area contributed by atoms with Gasteiger partial charge in [-0.25, -0.2) is 4.72 Å². The number of rotatable bonds is 5. The van der Waals surface area contributed by atoms with E-state index in [-0.39, 0.29) is 12.0 Å². The average Bonchev–Trinajstić information content (AvgIpc) is 2.46. The van der Waals surface area contributed by atoms with Gasteiger partial charge < -0.3 is 9.84 Å². The van der Waals surface area contributed by atoms with Crippen molar-refractivity contribution in [1.82, 2.24) is 9.03 Å². The van der Waals surface area contributed by atoms with Gasteiger partial charge >= 0.3 is 5.97 Å². The van der Waals surface area contributed by atoms with Crippen molar-refractivity contribution >= 4 is 16.2 Å². The molecule has 0 aromatic heterocycles. The first-order valence-corrected chi connectivity index (χ1v) is 8.82. The lowest BCUT2D eigenvalue weighted by atomic mass is 9.83. The number of nitrogens with zero attached hydrogens (tertiary/aromatic N) is 1. The molecule has 21 heavy (non-hydrogen) atoms. The number of aliphatic carboxylic acids is 1. The molecule has 0 aromatic carbocycles. The first-order chi connectivity index (χ1) is 9.82. The van der Waals surface area contributed by atoms with Gasteiger partial charge in [0.15, 0.2) is 0 Å². The second-order valence-electron chi connectivity index (χ2n) is 6.28. The van der Waals surface area contributed by atoms with E-state index >= 15 is 0 Å². The normalized spacial score (nSPS) is 27.4. The predicted octanol–water partition coefficient (Wildman–Crippen LogP) is 0.434. The van der Waals surface area contributed by atoms with Crippen LogP contribution in [0.1, 0.15) is 32.6 Å². The van der Waals surface area contributed by atoms with E-state index in [1.54, 1.807) is 0 Å². The Balaban J connectivity index is 1.93. The minimum atomic E-state index is -3.61. The van der Waals surface area contributed by atoms with Crippen molar-refractivity contribution in [2.45, 2.75) is 32.6 Å². The SMILES string of the molecule is CC1(CNS(=O)(=O)N2CCCC(C(=O)O)C2)CCOCC1. The molecule has 2 saturated heterocycles. The van der Waals surface area contributed by atoms with Gasteiger partial charge in [-0.05, 0) is 31.1 Å². The average molecular weight is 320 g/mol. The molecule has 2 N–H and O–H groups in total. The highest BCUT2D eigenvalue weighted by molar-refractivity contribution is 7.87. The molecule has 2 fully saturated rings. The van der Waals surface area contributed by atoms with Crippen LogP contribution in [0.5, 0.6) is 0 Å². The molecule has 0 amide bonds. The molecule has 0 aromatic rings. The van der Waals surface area contributed by atoms with Gasteiger partial charge in [0.05, 0.1) is 5.92 Å². The summed E-state index contributed by atoms with van der Waals surface area (Å²) in [6.07, 6.45) is 2.78. The van der Waals surface area contributed by atoms with Crippen molar-refractivity contribution in [2.24, 2.45) is 11.3 Å². The van der Waals surface area contributed by atoms with Crippen molar-refractivity contribution < 1.29 is 23.1 Å². The van der Waals surface area contributed by atoms with Crippen LogP contribution in [0.2, 0.25) is 0 Å². The maximum absolute atomic E-state index is 12.3. The summed E-state index contributed by atoms with van der Waals surface area (Å²) in [5.41, 5.74) is -0.0900. The number of nitrogens with one attached hydrogen (secondary N) is 1. The van der Waals surface area contributed by atoms with Crippen LogP contribution in [0, 0.1) is 11.3 Å². The number of ether oxygens (including phenoxy) is 1. The molecule has 2 aliphatic heterocycles. The fourth-order valence-electron chi connectivity index (χ4n) is 2.76. The third-order valence-electron chi connectivity index (χ3n) is 4.45. The van der Waals surface area contributed by atoms with E-state index in [0.717, 1.165) is 12.8 Å². The molecule has 7 nitrogen and oxygen atoms in total. The van der Waals surface area contributed by atoms with Crippen LogP contribution in [0.15, 0.2) is 0 Å². The third kappa shape index (κ3) is 4.38. The molecule has 0 aliphatic carbocycles. The Morgan fingerprint density at radius 1 is 1.43 bits per heavy atom. The number of carboxylic acid groups (broad SMARTS) is 1. The number of piperidine rings is 1. The molecular formula is C13H24N2O5S. The Morgan fingerprint density at radius 3 is 2.71 bits per heavy atom. The minimum Gasteiger partial charge on any atom is -0.481 e. The highest BCUT2D eigenvalue weighted by atomic mass is 32.2. The summed E-state index contributed by atoms with van der Waals surface area (Å²) in [7, 11) is -3.61. The monoisotopic (exact) mass is 320 g/mol. The fraction of sp³-hybridized carbons (Fsp3) is 0.923. The van der Waals surface area contributed by atoms with Crippen LogP contribution in [0.25, 0.3) is 0 Å². The maximum atomic E-state index is 12.3. The van der Waals surface area contributed by atoms with E-state index < -0.39 is 22.1 Å². The molecule has 0 saturated carbocycles. The Bertz CT molecular complexity index is 473. The molecule has 0 spiro atoms. The van der Waals surface area contributed by atoms with Crippen LogP contribution in [-0.2, 0) is 19.7 Å². The molecule has 0 bridgehead atoms. The zero-order valence-corrected chi connectivity index (χ0v) is 13.2. The van der Waals surface area contributed by atoms with Crippen molar-refractivity contribution in [1.29, 1.82) is 0 Å².